The van der Waals surface area contributed by atoms with Crippen molar-refractivity contribution in [3.8, 4) is 17.2 Å². The summed E-state index contributed by atoms with van der Waals surface area (Å²) >= 11 is 3.22. The van der Waals surface area contributed by atoms with E-state index in [1.165, 1.54) is 13.3 Å². The lowest BCUT2D eigenvalue weighted by Crippen LogP contribution is -2.39. The van der Waals surface area contributed by atoms with Crippen LogP contribution < -0.4 is 20.2 Å². The molecule has 0 radical (unpaired) electrons. The average Bonchev–Trinajstić information content (AvgIpc) is 2.70. The number of nitrogens with zero attached hydrogens (tertiary/aromatic N) is 1. The van der Waals surface area contributed by atoms with Gasteiger partial charge in [0.05, 0.1) is 24.9 Å². The Morgan fingerprint density at radius 2 is 1.77 bits per heavy atom. The van der Waals surface area contributed by atoms with Crippen molar-refractivity contribution >= 4 is 39.6 Å². The van der Waals surface area contributed by atoms with Crippen molar-refractivity contribution in [3.63, 3.8) is 0 Å². The number of nitrogens with one attached hydrogen (secondary N) is 2. The number of anilines is 1. The van der Waals surface area contributed by atoms with Gasteiger partial charge in [-0.05, 0) is 63.8 Å². The van der Waals surface area contributed by atoms with Gasteiger partial charge in [-0.25, -0.2) is 5.43 Å². The largest absolute Gasteiger partial charge is 0.503 e. The van der Waals surface area contributed by atoms with Gasteiger partial charge in [0.15, 0.2) is 11.5 Å². The van der Waals surface area contributed by atoms with E-state index in [2.05, 4.69) is 31.8 Å². The molecule has 0 aliphatic carbocycles. The number of hydrogen-bond acceptors (Lipinski definition) is 6. The number of aromatic hydroxyl groups is 1. The molecule has 2 aromatic rings. The number of carbonyl (C=O) groups excluding carboxylic acids is 2. The molecule has 30 heavy (non-hydrogen) atoms. The van der Waals surface area contributed by atoms with E-state index in [9.17, 15) is 14.7 Å². The standard InChI is InChI=1S/C21H24BrN3O5/c1-12(2)18(20(27)24-14-5-7-15(29-3)8-6-14)21(28)25-23-11-13-9-16(22)19(26)17(10-13)30-4/h5-12,18,26H,1-4H3,(H,24,27)(H,25,28)/b23-11+. The molecule has 0 spiro atoms. The van der Waals surface area contributed by atoms with Crippen LogP contribution in [0.25, 0.3) is 0 Å². The fourth-order valence-corrected chi connectivity index (χ4v) is 3.14. The maximum absolute atomic E-state index is 12.6. The Balaban J connectivity index is 2.07. The molecule has 0 aliphatic rings. The highest BCUT2D eigenvalue weighted by atomic mass is 79.9. The second kappa shape index (κ2) is 10.6. The maximum Gasteiger partial charge on any atom is 0.252 e. The molecule has 2 aromatic carbocycles. The number of rotatable bonds is 8. The van der Waals surface area contributed by atoms with Crippen molar-refractivity contribution in [2.45, 2.75) is 13.8 Å². The van der Waals surface area contributed by atoms with Gasteiger partial charge >= 0.3 is 0 Å². The quantitative estimate of drug-likeness (QED) is 0.306. The normalized spacial score (nSPS) is 11.9. The van der Waals surface area contributed by atoms with Crippen LogP contribution >= 0.6 is 15.9 Å². The molecule has 1 unspecified atom stereocenters. The Bertz CT molecular complexity index is 929. The van der Waals surface area contributed by atoms with Crippen molar-refractivity contribution in [3.05, 3.63) is 46.4 Å². The Labute approximate surface area is 183 Å². The maximum atomic E-state index is 12.6. The average molecular weight is 478 g/mol. The van der Waals surface area contributed by atoms with Crippen molar-refractivity contribution < 1.29 is 24.2 Å². The lowest BCUT2D eigenvalue weighted by Gasteiger charge is -2.18. The number of amides is 2. The number of phenolic OH excluding ortho intramolecular Hbond substituents is 1. The molecule has 0 fully saturated rings. The van der Waals surface area contributed by atoms with Gasteiger partial charge in [0.25, 0.3) is 5.91 Å². The van der Waals surface area contributed by atoms with Crippen molar-refractivity contribution in [2.75, 3.05) is 19.5 Å². The number of halogens is 1. The minimum Gasteiger partial charge on any atom is -0.503 e. The second-order valence-corrected chi connectivity index (χ2v) is 7.58. The summed E-state index contributed by atoms with van der Waals surface area (Å²) in [6, 6.07) is 10.00. The lowest BCUT2D eigenvalue weighted by molar-refractivity contribution is -0.134. The second-order valence-electron chi connectivity index (χ2n) is 6.73. The molecular formula is C21H24BrN3O5. The summed E-state index contributed by atoms with van der Waals surface area (Å²) in [5, 5.41) is 16.5. The van der Waals surface area contributed by atoms with Crippen LogP contribution in [0, 0.1) is 11.8 Å². The third kappa shape index (κ3) is 5.96. The Hall–Kier alpha value is -3.07. The van der Waals surface area contributed by atoms with Crippen LogP contribution in [0.5, 0.6) is 17.2 Å². The monoisotopic (exact) mass is 477 g/mol. The van der Waals surface area contributed by atoms with Crippen LogP contribution in [0.1, 0.15) is 19.4 Å². The zero-order chi connectivity index (χ0) is 22.3. The van der Waals surface area contributed by atoms with Gasteiger partial charge in [-0.3, -0.25) is 9.59 Å². The van der Waals surface area contributed by atoms with Crippen LogP contribution in [0.4, 0.5) is 5.69 Å². The van der Waals surface area contributed by atoms with Crippen LogP contribution in [-0.4, -0.2) is 37.4 Å². The first-order valence-electron chi connectivity index (χ1n) is 9.11. The first-order chi connectivity index (χ1) is 14.3. The topological polar surface area (TPSA) is 109 Å². The van der Waals surface area contributed by atoms with Gasteiger partial charge in [0, 0.05) is 5.69 Å². The highest BCUT2D eigenvalue weighted by Crippen LogP contribution is 2.34. The highest BCUT2D eigenvalue weighted by molar-refractivity contribution is 9.10. The number of methoxy groups -OCH3 is 2. The molecule has 0 aliphatic heterocycles. The van der Waals surface area contributed by atoms with E-state index in [4.69, 9.17) is 9.47 Å². The predicted molar refractivity (Wildman–Crippen MR) is 118 cm³/mol. The van der Waals surface area contributed by atoms with Crippen molar-refractivity contribution in [1.82, 2.24) is 5.43 Å². The molecule has 3 N–H and O–H groups in total. The molecule has 1 atom stereocenters. The number of carbonyl (C=O) groups is 2. The van der Waals surface area contributed by atoms with E-state index < -0.39 is 17.7 Å². The molecule has 0 saturated carbocycles. The number of ether oxygens (including phenoxy) is 2. The predicted octanol–water partition coefficient (Wildman–Crippen LogP) is 3.53. The first kappa shape index (κ1) is 23.2. The summed E-state index contributed by atoms with van der Waals surface area (Å²) in [6.07, 6.45) is 1.39. The number of benzene rings is 2. The van der Waals surface area contributed by atoms with E-state index in [1.807, 2.05) is 0 Å². The SMILES string of the molecule is COc1ccc(NC(=O)C(C(=O)N/N=C/c2cc(Br)c(O)c(OC)c2)C(C)C)cc1. The summed E-state index contributed by atoms with van der Waals surface area (Å²) in [7, 11) is 2.99. The van der Waals surface area contributed by atoms with Crippen LogP contribution in [0.2, 0.25) is 0 Å². The van der Waals surface area contributed by atoms with E-state index in [-0.39, 0.29) is 17.4 Å². The minimum absolute atomic E-state index is 0.0336. The smallest absolute Gasteiger partial charge is 0.252 e. The van der Waals surface area contributed by atoms with Gasteiger partial charge in [0.2, 0.25) is 5.91 Å². The van der Waals surface area contributed by atoms with Gasteiger partial charge in [-0.15, -0.1) is 0 Å². The van der Waals surface area contributed by atoms with E-state index in [0.717, 1.165) is 0 Å². The fraction of sp³-hybridized carbons (Fsp3) is 0.286. The van der Waals surface area contributed by atoms with Gasteiger partial charge in [0.1, 0.15) is 11.7 Å². The van der Waals surface area contributed by atoms with E-state index >= 15 is 0 Å². The molecule has 0 aromatic heterocycles. The molecule has 2 amide bonds. The van der Waals surface area contributed by atoms with Gasteiger partial charge < -0.3 is 19.9 Å². The zero-order valence-electron chi connectivity index (χ0n) is 17.1. The molecule has 8 nitrogen and oxygen atoms in total. The highest BCUT2D eigenvalue weighted by Gasteiger charge is 2.30. The Morgan fingerprint density at radius 1 is 1.10 bits per heavy atom. The van der Waals surface area contributed by atoms with Gasteiger partial charge in [-0.2, -0.15) is 5.10 Å². The summed E-state index contributed by atoms with van der Waals surface area (Å²) in [6.45, 7) is 3.56. The Morgan fingerprint density at radius 3 is 2.33 bits per heavy atom. The lowest BCUT2D eigenvalue weighted by atomic mass is 9.94. The molecular weight excluding hydrogens is 454 g/mol. The van der Waals surface area contributed by atoms with Crippen molar-refractivity contribution in [1.29, 1.82) is 0 Å². The molecule has 0 bridgehead atoms. The van der Waals surface area contributed by atoms with E-state index in [1.54, 1.807) is 57.4 Å². The first-order valence-corrected chi connectivity index (χ1v) is 9.90. The van der Waals surface area contributed by atoms with Crippen LogP contribution in [0.15, 0.2) is 46.0 Å². The summed E-state index contributed by atoms with van der Waals surface area (Å²) in [5.41, 5.74) is 3.54. The molecule has 0 heterocycles. The van der Waals surface area contributed by atoms with Crippen LogP contribution in [0.3, 0.4) is 0 Å². The summed E-state index contributed by atoms with van der Waals surface area (Å²) < 4.78 is 10.6. The van der Waals surface area contributed by atoms with Gasteiger partial charge in [-0.1, -0.05) is 13.8 Å². The number of hydrazone groups is 1. The summed E-state index contributed by atoms with van der Waals surface area (Å²) in [5.74, 6) is -1.26. The summed E-state index contributed by atoms with van der Waals surface area (Å²) in [4.78, 5) is 25.2. The molecule has 2 rings (SSSR count). The number of hydrogen-bond donors (Lipinski definition) is 3. The van der Waals surface area contributed by atoms with E-state index in [0.29, 0.717) is 21.5 Å². The fourth-order valence-electron chi connectivity index (χ4n) is 2.68. The molecule has 0 saturated heterocycles. The minimum atomic E-state index is -0.939. The Kier molecular flexibility index (Phi) is 8.23. The zero-order valence-corrected chi connectivity index (χ0v) is 18.7. The number of phenols is 1. The van der Waals surface area contributed by atoms with Crippen molar-refractivity contribution in [2.24, 2.45) is 16.9 Å². The third-order valence-electron chi connectivity index (χ3n) is 4.25. The van der Waals surface area contributed by atoms with Crippen LogP contribution in [-0.2, 0) is 9.59 Å². The molecule has 160 valence electrons. The molecule has 9 heteroatoms. The third-order valence-corrected chi connectivity index (χ3v) is 4.85.